The topological polar surface area (TPSA) is 76.4 Å². The van der Waals surface area contributed by atoms with Crippen molar-refractivity contribution in [3.05, 3.63) is 47.0 Å². The normalized spacial score (nSPS) is 27.0. The molecular weight excluding hydrogens is 475 g/mol. The van der Waals surface area contributed by atoms with Crippen molar-refractivity contribution in [2.45, 2.75) is 62.9 Å². The van der Waals surface area contributed by atoms with Gasteiger partial charge < -0.3 is 15.2 Å². The lowest BCUT2D eigenvalue weighted by molar-refractivity contribution is -0.143. The molecule has 13 heteroatoms. The highest BCUT2D eigenvalue weighted by atomic mass is 19.4. The van der Waals surface area contributed by atoms with Crippen LogP contribution in [0.2, 0.25) is 0 Å². The predicted octanol–water partition coefficient (Wildman–Crippen LogP) is 4.51. The van der Waals surface area contributed by atoms with Crippen molar-refractivity contribution >= 4 is 11.6 Å². The molecule has 6 nitrogen and oxygen atoms in total. The third-order valence-corrected chi connectivity index (χ3v) is 6.10. The molecule has 2 fully saturated rings. The van der Waals surface area contributed by atoms with Gasteiger partial charge in [-0.3, -0.25) is 9.48 Å². The van der Waals surface area contributed by atoms with Crippen LogP contribution in [0.1, 0.15) is 49.0 Å². The molecule has 0 aliphatic carbocycles. The van der Waals surface area contributed by atoms with E-state index in [1.807, 2.05) is 0 Å². The summed E-state index contributed by atoms with van der Waals surface area (Å²) in [6.45, 7) is 3.20. The molecule has 2 aliphatic heterocycles. The molecule has 0 spiro atoms. The number of rotatable bonds is 4. The third kappa shape index (κ3) is 4.26. The van der Waals surface area contributed by atoms with E-state index in [0.29, 0.717) is 18.2 Å². The first-order valence-corrected chi connectivity index (χ1v) is 10.4. The van der Waals surface area contributed by atoms with Crippen molar-refractivity contribution in [3.63, 3.8) is 0 Å². The molecule has 0 radical (unpaired) electrons. The second-order valence-corrected chi connectivity index (χ2v) is 8.68. The van der Waals surface area contributed by atoms with Crippen molar-refractivity contribution in [1.29, 1.82) is 0 Å². The third-order valence-electron chi connectivity index (χ3n) is 6.10. The van der Waals surface area contributed by atoms with E-state index in [4.69, 9.17) is 4.74 Å². The van der Waals surface area contributed by atoms with Crippen molar-refractivity contribution < 1.29 is 45.4 Å². The minimum atomic E-state index is -4.88. The van der Waals surface area contributed by atoms with Gasteiger partial charge in [-0.1, -0.05) is 0 Å². The van der Waals surface area contributed by atoms with E-state index in [2.05, 4.69) is 10.4 Å². The number of hydrogen-bond donors (Lipinski definition) is 2. The van der Waals surface area contributed by atoms with Crippen LogP contribution < -0.4 is 5.32 Å². The number of aliphatic hydroxyl groups is 1. The number of aromatic nitrogens is 2. The van der Waals surface area contributed by atoms with Gasteiger partial charge in [0, 0.05) is 30.1 Å². The van der Waals surface area contributed by atoms with E-state index < -0.39 is 77.2 Å². The Morgan fingerprint density at radius 3 is 2.47 bits per heavy atom. The molecule has 2 aromatic rings. The highest BCUT2D eigenvalue weighted by Gasteiger charge is 2.59. The molecule has 4 rings (SSSR count). The first-order chi connectivity index (χ1) is 15.7. The van der Waals surface area contributed by atoms with Crippen molar-refractivity contribution in [2.75, 3.05) is 5.32 Å². The molecule has 0 saturated carbocycles. The zero-order chi connectivity index (χ0) is 25.2. The lowest BCUT2D eigenvalue weighted by Crippen LogP contribution is -2.41. The van der Waals surface area contributed by atoms with Crippen molar-refractivity contribution in [3.8, 4) is 0 Å². The number of hydrogen-bond acceptors (Lipinski definition) is 4. The van der Waals surface area contributed by atoms with E-state index in [9.17, 15) is 40.6 Å². The van der Waals surface area contributed by atoms with Crippen LogP contribution in [0, 0.1) is 11.7 Å². The van der Waals surface area contributed by atoms with Crippen LogP contribution in [0.3, 0.4) is 0 Å². The maximum atomic E-state index is 14.2. The molecular formula is C21H20F7N3O3. The Balaban J connectivity index is 1.72. The Hall–Kier alpha value is -2.67. The Morgan fingerprint density at radius 1 is 1.21 bits per heavy atom. The largest absolute Gasteiger partial charge is 0.435 e. The molecule has 0 unspecified atom stereocenters. The fourth-order valence-electron chi connectivity index (χ4n) is 4.56. The number of ether oxygens (including phenoxy) is 1. The van der Waals surface area contributed by atoms with Crippen LogP contribution in [0.4, 0.5) is 36.4 Å². The lowest BCUT2D eigenvalue weighted by Gasteiger charge is -2.30. The summed E-state index contributed by atoms with van der Waals surface area (Å²) >= 11 is 0. The van der Waals surface area contributed by atoms with E-state index >= 15 is 0 Å². The molecule has 3 heterocycles. The Kier molecular flexibility index (Phi) is 5.91. The smallest absolute Gasteiger partial charge is 0.390 e. The zero-order valence-electron chi connectivity index (χ0n) is 17.8. The van der Waals surface area contributed by atoms with Gasteiger partial charge in [0.2, 0.25) is 5.91 Å². The molecule has 2 aliphatic rings. The van der Waals surface area contributed by atoms with Gasteiger partial charge in [-0.25, -0.2) is 4.39 Å². The number of nitrogens with zero attached hydrogens (tertiary/aromatic N) is 2. The Morgan fingerprint density at radius 2 is 1.88 bits per heavy atom. The van der Waals surface area contributed by atoms with E-state index in [1.54, 1.807) is 13.8 Å². The molecule has 34 heavy (non-hydrogen) atoms. The van der Waals surface area contributed by atoms with E-state index in [0.717, 1.165) is 10.9 Å². The summed E-state index contributed by atoms with van der Waals surface area (Å²) in [5, 5.41) is 15.9. The highest BCUT2D eigenvalue weighted by Crippen LogP contribution is 2.51. The van der Waals surface area contributed by atoms with Gasteiger partial charge in [-0.2, -0.15) is 31.4 Å². The fraction of sp³-hybridized carbons (Fsp3) is 0.524. The molecule has 2 bridgehead atoms. The Bertz CT molecular complexity index is 1100. The van der Waals surface area contributed by atoms with Gasteiger partial charge in [-0.15, -0.1) is 0 Å². The van der Waals surface area contributed by atoms with E-state index in [-0.39, 0.29) is 12.0 Å². The monoisotopic (exact) mass is 495 g/mol. The molecule has 2 N–H and O–H groups in total. The molecule has 186 valence electrons. The van der Waals surface area contributed by atoms with Crippen LogP contribution in [0.25, 0.3) is 0 Å². The van der Waals surface area contributed by atoms with Crippen LogP contribution in [-0.2, 0) is 21.9 Å². The molecule has 2 saturated heterocycles. The summed E-state index contributed by atoms with van der Waals surface area (Å²) < 4.78 is 101. The van der Waals surface area contributed by atoms with Gasteiger partial charge in [-0.05, 0) is 32.0 Å². The Labute approximate surface area is 188 Å². The summed E-state index contributed by atoms with van der Waals surface area (Å²) in [6, 6.07) is 0.987. The fourth-order valence-corrected chi connectivity index (χ4v) is 4.56. The average Bonchev–Trinajstić information content (AvgIpc) is 3.39. The van der Waals surface area contributed by atoms with Crippen LogP contribution in [0.15, 0.2) is 24.4 Å². The second kappa shape index (κ2) is 8.22. The number of carbonyl (C=O) groups is 1. The van der Waals surface area contributed by atoms with Gasteiger partial charge in [0.05, 0.1) is 35.5 Å². The van der Waals surface area contributed by atoms with Crippen LogP contribution in [0.5, 0.6) is 0 Å². The second-order valence-electron chi connectivity index (χ2n) is 8.68. The molecule has 1 aromatic heterocycles. The van der Waals surface area contributed by atoms with Gasteiger partial charge >= 0.3 is 12.4 Å². The minimum absolute atomic E-state index is 0.0655. The minimum Gasteiger partial charge on any atom is -0.390 e. The maximum absolute atomic E-state index is 14.2. The van der Waals surface area contributed by atoms with Crippen LogP contribution >= 0.6 is 0 Å². The number of carbonyl (C=O) groups excluding carboxylic acids is 1. The summed E-state index contributed by atoms with van der Waals surface area (Å²) in [4.78, 5) is 13.1. The highest BCUT2D eigenvalue weighted by molar-refractivity contribution is 5.94. The summed E-state index contributed by atoms with van der Waals surface area (Å²) in [5.74, 6) is -4.79. The number of fused-ring (bicyclic) bond motifs is 2. The number of alkyl halides is 6. The summed E-state index contributed by atoms with van der Waals surface area (Å²) in [5.41, 5.74) is -3.61. The molecule has 1 amide bonds. The van der Waals surface area contributed by atoms with Crippen LogP contribution in [-0.4, -0.2) is 39.1 Å². The molecule has 5 atom stereocenters. The summed E-state index contributed by atoms with van der Waals surface area (Å²) in [7, 11) is 0. The standard InChI is InChI=1S/C21H20F7N3O3/c1-8(2)31-7-10(18(30-31)21(26,27)28)15-16(14-6-13(32)17(15)34-14)19(33)29-12-5-9(20(23,24)25)3-4-11(12)22/h3-5,7-8,13-17,32H,6H2,1-2H3,(H,29,33)/t13-,14+,15+,16-,17-/m0/s1. The predicted molar refractivity (Wildman–Crippen MR) is 103 cm³/mol. The lowest BCUT2D eigenvalue weighted by atomic mass is 9.73. The van der Waals surface area contributed by atoms with Gasteiger partial charge in [0.25, 0.3) is 0 Å². The number of halogens is 7. The first-order valence-electron chi connectivity index (χ1n) is 10.4. The maximum Gasteiger partial charge on any atom is 0.435 e. The zero-order valence-corrected chi connectivity index (χ0v) is 17.8. The first kappa shape index (κ1) is 24.5. The van der Waals surface area contributed by atoms with Gasteiger partial charge in [0.1, 0.15) is 5.82 Å². The number of anilines is 1. The SMILES string of the molecule is CC(C)n1cc([C@H]2[C@H]3O[C@H](C[C@@H]3O)[C@@H]2C(=O)Nc2cc(C(F)(F)F)ccc2F)c(C(F)(F)F)n1. The molecule has 1 aromatic carbocycles. The van der Waals surface area contributed by atoms with Gasteiger partial charge in [0.15, 0.2) is 5.69 Å². The van der Waals surface area contributed by atoms with Crippen molar-refractivity contribution in [1.82, 2.24) is 9.78 Å². The number of nitrogens with one attached hydrogen (secondary N) is 1. The number of amides is 1. The quantitative estimate of drug-likeness (QED) is 0.613. The van der Waals surface area contributed by atoms with Crippen molar-refractivity contribution in [2.24, 2.45) is 5.92 Å². The average molecular weight is 495 g/mol. The summed E-state index contributed by atoms with van der Waals surface area (Å²) in [6.07, 6.45) is -12.0. The van der Waals surface area contributed by atoms with E-state index in [1.165, 1.54) is 0 Å². The number of benzene rings is 1. The number of aliphatic hydroxyl groups excluding tert-OH is 1.